The van der Waals surface area contributed by atoms with E-state index < -0.39 is 0 Å². The van der Waals surface area contributed by atoms with Crippen LogP contribution in [0.2, 0.25) is 0 Å². The first kappa shape index (κ1) is 17.3. The maximum Gasteiger partial charge on any atom is 0.223 e. The maximum absolute atomic E-state index is 12.5. The molecular formula is C20H24N4OS. The zero-order valence-corrected chi connectivity index (χ0v) is 15.7. The second-order valence-corrected chi connectivity index (χ2v) is 7.98. The molecule has 2 aromatic rings. The van der Waals surface area contributed by atoms with Gasteiger partial charge in [0, 0.05) is 43.2 Å². The molecule has 5 nitrogen and oxygen atoms in total. The van der Waals surface area contributed by atoms with Crippen molar-refractivity contribution in [3.63, 3.8) is 0 Å². The highest BCUT2D eigenvalue weighted by molar-refractivity contribution is 7.99. The summed E-state index contributed by atoms with van der Waals surface area (Å²) in [4.78, 5) is 17.9. The Bertz CT molecular complexity index is 760. The van der Waals surface area contributed by atoms with Crippen LogP contribution in [0.1, 0.15) is 24.1 Å². The molecule has 1 aromatic heterocycles. The van der Waals surface area contributed by atoms with Crippen LogP contribution in [0.3, 0.4) is 0 Å². The third kappa shape index (κ3) is 4.01. The zero-order chi connectivity index (χ0) is 17.8. The number of thioether (sulfide) groups is 1. The van der Waals surface area contributed by atoms with Gasteiger partial charge in [-0.25, -0.2) is 0 Å². The van der Waals surface area contributed by atoms with Crippen molar-refractivity contribution in [1.29, 1.82) is 0 Å². The number of carbonyl (C=O) groups excluding carboxylic acids is 1. The van der Waals surface area contributed by atoms with Gasteiger partial charge in [-0.2, -0.15) is 5.10 Å². The first-order valence-electron chi connectivity index (χ1n) is 9.35. The first-order valence-corrected chi connectivity index (χ1v) is 10.3. The van der Waals surface area contributed by atoms with Crippen molar-refractivity contribution >= 4 is 23.5 Å². The molecule has 26 heavy (non-hydrogen) atoms. The van der Waals surface area contributed by atoms with Gasteiger partial charge in [0.25, 0.3) is 0 Å². The number of carbonyl (C=O) groups is 1. The fourth-order valence-corrected chi connectivity index (χ4v) is 4.45. The molecule has 1 aromatic carbocycles. The van der Waals surface area contributed by atoms with E-state index in [9.17, 15) is 4.79 Å². The fraction of sp³-hybridized carbons (Fsp3) is 0.450. The molecule has 1 fully saturated rings. The monoisotopic (exact) mass is 368 g/mol. The highest BCUT2D eigenvalue weighted by atomic mass is 32.2. The number of amides is 1. The highest BCUT2D eigenvalue weighted by Crippen LogP contribution is 2.23. The minimum atomic E-state index is 0.258. The number of aromatic nitrogens is 2. The molecule has 2 aliphatic rings. The topological polar surface area (TPSA) is 49.3 Å². The third-order valence-corrected chi connectivity index (χ3v) is 6.10. The number of rotatable bonds is 5. The predicted molar refractivity (Wildman–Crippen MR) is 105 cm³/mol. The smallest absolute Gasteiger partial charge is 0.223 e. The van der Waals surface area contributed by atoms with Crippen molar-refractivity contribution in [2.75, 3.05) is 36.8 Å². The summed E-state index contributed by atoms with van der Waals surface area (Å²) in [6.45, 7) is 3.22. The van der Waals surface area contributed by atoms with E-state index in [1.807, 2.05) is 23.1 Å². The van der Waals surface area contributed by atoms with E-state index in [0.717, 1.165) is 50.6 Å². The quantitative estimate of drug-likeness (QED) is 0.760. The molecule has 0 N–H and O–H groups in total. The standard InChI is InChI=1S/C20H24N4OS/c25-20(9-14-26-17-6-2-1-3-7-17)24-12-10-23(11-13-24)19-15-16-5-4-8-18(16)21-22-19/h1-3,6-7,15H,4-5,8-14H2. The predicted octanol–water partition coefficient (Wildman–Crippen LogP) is 2.80. The van der Waals surface area contributed by atoms with Crippen molar-refractivity contribution in [1.82, 2.24) is 15.1 Å². The van der Waals surface area contributed by atoms with Crippen molar-refractivity contribution in [2.24, 2.45) is 0 Å². The van der Waals surface area contributed by atoms with Crippen LogP contribution in [-0.4, -0.2) is 52.9 Å². The summed E-state index contributed by atoms with van der Waals surface area (Å²) >= 11 is 1.75. The summed E-state index contributed by atoms with van der Waals surface area (Å²) in [5.41, 5.74) is 2.52. The number of piperazine rings is 1. The summed E-state index contributed by atoms with van der Waals surface area (Å²) in [6.07, 6.45) is 3.97. The molecule has 0 radical (unpaired) electrons. The molecule has 4 rings (SSSR count). The third-order valence-electron chi connectivity index (χ3n) is 5.09. The largest absolute Gasteiger partial charge is 0.352 e. The molecule has 0 saturated carbocycles. The summed E-state index contributed by atoms with van der Waals surface area (Å²) < 4.78 is 0. The average molecular weight is 369 g/mol. The average Bonchev–Trinajstić information content (AvgIpc) is 3.17. The summed E-state index contributed by atoms with van der Waals surface area (Å²) in [6, 6.07) is 12.5. The number of fused-ring (bicyclic) bond motifs is 1. The van der Waals surface area contributed by atoms with Crippen molar-refractivity contribution in [2.45, 2.75) is 30.6 Å². The van der Waals surface area contributed by atoms with Gasteiger partial charge in [-0.05, 0) is 43.0 Å². The Balaban J connectivity index is 1.25. The van der Waals surface area contributed by atoms with Gasteiger partial charge >= 0.3 is 0 Å². The lowest BCUT2D eigenvalue weighted by molar-refractivity contribution is -0.131. The first-order chi connectivity index (χ1) is 12.8. The molecule has 1 aliphatic carbocycles. The molecular weight excluding hydrogens is 344 g/mol. The Kier molecular flexibility index (Phi) is 5.39. The SMILES string of the molecule is O=C(CCSc1ccccc1)N1CCN(c2cc3c(nn2)CCC3)CC1. The van der Waals surface area contributed by atoms with Crippen molar-refractivity contribution < 1.29 is 4.79 Å². The molecule has 1 aliphatic heterocycles. The van der Waals surface area contributed by atoms with Crippen LogP contribution in [0, 0.1) is 0 Å². The second kappa shape index (κ2) is 8.08. The summed E-state index contributed by atoms with van der Waals surface area (Å²) in [5.74, 6) is 2.06. The van der Waals surface area contributed by atoms with Crippen LogP contribution in [0.5, 0.6) is 0 Å². The van der Waals surface area contributed by atoms with Crippen LogP contribution >= 0.6 is 11.8 Å². The highest BCUT2D eigenvalue weighted by Gasteiger charge is 2.23. The normalized spacial score (nSPS) is 16.6. The lowest BCUT2D eigenvalue weighted by atomic mass is 10.2. The van der Waals surface area contributed by atoms with Crippen LogP contribution in [0.15, 0.2) is 41.3 Å². The molecule has 1 amide bonds. The minimum absolute atomic E-state index is 0.258. The van der Waals surface area contributed by atoms with E-state index in [1.165, 1.54) is 22.6 Å². The number of hydrogen-bond donors (Lipinski definition) is 0. The molecule has 0 spiro atoms. The fourth-order valence-electron chi connectivity index (χ4n) is 3.59. The minimum Gasteiger partial charge on any atom is -0.352 e. The van der Waals surface area contributed by atoms with Crippen LogP contribution in [-0.2, 0) is 17.6 Å². The van der Waals surface area contributed by atoms with E-state index >= 15 is 0 Å². The zero-order valence-electron chi connectivity index (χ0n) is 14.9. The van der Waals surface area contributed by atoms with Gasteiger partial charge in [-0.1, -0.05) is 18.2 Å². The van der Waals surface area contributed by atoms with Gasteiger partial charge in [0.1, 0.15) is 0 Å². The van der Waals surface area contributed by atoms with E-state index in [2.05, 4.69) is 33.3 Å². The Hall–Kier alpha value is -2.08. The van der Waals surface area contributed by atoms with Gasteiger partial charge < -0.3 is 9.80 Å². The van der Waals surface area contributed by atoms with Crippen LogP contribution in [0.25, 0.3) is 0 Å². The Morgan fingerprint density at radius 2 is 1.85 bits per heavy atom. The second-order valence-electron chi connectivity index (χ2n) is 6.81. The Labute approximate surface area is 158 Å². The number of aryl methyl sites for hydroxylation is 2. The van der Waals surface area contributed by atoms with Crippen LogP contribution < -0.4 is 4.90 Å². The number of hydrogen-bond acceptors (Lipinski definition) is 5. The summed E-state index contributed by atoms with van der Waals surface area (Å²) in [5, 5.41) is 8.78. The maximum atomic E-state index is 12.5. The molecule has 136 valence electrons. The number of nitrogens with zero attached hydrogens (tertiary/aromatic N) is 4. The Morgan fingerprint density at radius 3 is 2.65 bits per heavy atom. The molecule has 6 heteroatoms. The lowest BCUT2D eigenvalue weighted by Gasteiger charge is -2.35. The van der Waals surface area contributed by atoms with Gasteiger partial charge in [0.15, 0.2) is 5.82 Å². The van der Waals surface area contributed by atoms with E-state index in [0.29, 0.717) is 6.42 Å². The number of anilines is 1. The van der Waals surface area contributed by atoms with E-state index in [1.54, 1.807) is 11.8 Å². The molecule has 0 unspecified atom stereocenters. The van der Waals surface area contributed by atoms with E-state index in [-0.39, 0.29) is 5.91 Å². The van der Waals surface area contributed by atoms with E-state index in [4.69, 9.17) is 0 Å². The molecule has 0 atom stereocenters. The lowest BCUT2D eigenvalue weighted by Crippen LogP contribution is -2.49. The van der Waals surface area contributed by atoms with Gasteiger partial charge in [0.05, 0.1) is 5.69 Å². The van der Waals surface area contributed by atoms with Crippen molar-refractivity contribution in [3.8, 4) is 0 Å². The van der Waals surface area contributed by atoms with Gasteiger partial charge in [-0.3, -0.25) is 4.79 Å². The number of benzene rings is 1. The summed E-state index contributed by atoms with van der Waals surface area (Å²) in [7, 11) is 0. The molecule has 2 heterocycles. The molecule has 1 saturated heterocycles. The van der Waals surface area contributed by atoms with Crippen molar-refractivity contribution in [3.05, 3.63) is 47.7 Å². The molecule has 0 bridgehead atoms. The van der Waals surface area contributed by atoms with Crippen LogP contribution in [0.4, 0.5) is 5.82 Å². The Morgan fingerprint density at radius 1 is 1.04 bits per heavy atom. The van der Waals surface area contributed by atoms with Gasteiger partial charge in [0.2, 0.25) is 5.91 Å². The van der Waals surface area contributed by atoms with Gasteiger partial charge in [-0.15, -0.1) is 16.9 Å².